The van der Waals surface area contributed by atoms with Gasteiger partial charge in [-0.05, 0) is 22.2 Å². The number of nitrogen functional groups attached to an aromatic ring is 1. The van der Waals surface area contributed by atoms with Crippen LogP contribution in [0.2, 0.25) is 0 Å². The summed E-state index contributed by atoms with van der Waals surface area (Å²) >= 11 is 0. The molecule has 3 N–H and O–H groups in total. The summed E-state index contributed by atoms with van der Waals surface area (Å²) in [5.74, 6) is 0.248. The quantitative estimate of drug-likeness (QED) is 0.357. The Balaban J connectivity index is 2.48. The fraction of sp³-hybridized carbons (Fsp3) is 0. The molecule has 0 unspecified atom stereocenters. The lowest BCUT2D eigenvalue weighted by molar-refractivity contribution is 0.482. The SMILES string of the molecule is Nc1cc(O)c2ccc3cccc4ccc1c2c43. The number of anilines is 1. The molecule has 0 aromatic heterocycles. The summed E-state index contributed by atoms with van der Waals surface area (Å²) in [7, 11) is 0. The van der Waals surface area contributed by atoms with E-state index < -0.39 is 0 Å². The van der Waals surface area contributed by atoms with E-state index in [-0.39, 0.29) is 5.75 Å². The molecule has 0 aliphatic carbocycles. The van der Waals surface area contributed by atoms with Crippen molar-refractivity contribution < 1.29 is 5.11 Å². The van der Waals surface area contributed by atoms with Gasteiger partial charge in [-0.2, -0.15) is 0 Å². The third kappa shape index (κ3) is 1.02. The van der Waals surface area contributed by atoms with Gasteiger partial charge in [0.1, 0.15) is 5.75 Å². The highest BCUT2D eigenvalue weighted by atomic mass is 16.3. The monoisotopic (exact) mass is 233 g/mol. The van der Waals surface area contributed by atoms with Crippen LogP contribution in [-0.2, 0) is 0 Å². The van der Waals surface area contributed by atoms with Crippen LogP contribution in [0, 0.1) is 0 Å². The molecule has 86 valence electrons. The van der Waals surface area contributed by atoms with Gasteiger partial charge in [0.15, 0.2) is 0 Å². The number of phenols is 1. The van der Waals surface area contributed by atoms with Crippen molar-refractivity contribution in [3.63, 3.8) is 0 Å². The molecule has 0 saturated carbocycles. The Hall–Kier alpha value is -2.48. The van der Waals surface area contributed by atoms with Crippen LogP contribution < -0.4 is 5.73 Å². The van der Waals surface area contributed by atoms with Gasteiger partial charge in [0.25, 0.3) is 0 Å². The van der Waals surface area contributed by atoms with Crippen molar-refractivity contribution in [1.29, 1.82) is 0 Å². The topological polar surface area (TPSA) is 46.2 Å². The maximum absolute atomic E-state index is 10.0. The number of phenolic OH excluding ortho intramolecular Hbond substituents is 1. The lowest BCUT2D eigenvalue weighted by Gasteiger charge is -2.13. The maximum Gasteiger partial charge on any atom is 0.125 e. The zero-order valence-corrected chi connectivity index (χ0v) is 9.64. The Kier molecular flexibility index (Phi) is 1.61. The zero-order chi connectivity index (χ0) is 12.3. The molecule has 4 rings (SSSR count). The minimum atomic E-state index is 0.248. The van der Waals surface area contributed by atoms with Gasteiger partial charge in [-0.3, -0.25) is 0 Å². The average Bonchev–Trinajstić information content (AvgIpc) is 2.38. The molecule has 2 heteroatoms. The van der Waals surface area contributed by atoms with Crippen molar-refractivity contribution in [3.8, 4) is 5.75 Å². The normalized spacial score (nSPS) is 11.8. The highest BCUT2D eigenvalue weighted by molar-refractivity contribution is 6.26. The molecule has 0 atom stereocenters. The summed E-state index contributed by atoms with van der Waals surface area (Å²) in [6.07, 6.45) is 0. The highest BCUT2D eigenvalue weighted by Gasteiger charge is 2.12. The molecular formula is C16H11NO. The largest absolute Gasteiger partial charge is 0.507 e. The summed E-state index contributed by atoms with van der Waals surface area (Å²) < 4.78 is 0. The molecule has 18 heavy (non-hydrogen) atoms. The van der Waals surface area contributed by atoms with Crippen molar-refractivity contribution in [2.45, 2.75) is 0 Å². The number of nitrogens with two attached hydrogens (primary N) is 1. The van der Waals surface area contributed by atoms with Gasteiger partial charge in [0.2, 0.25) is 0 Å². The summed E-state index contributed by atoms with van der Waals surface area (Å²) in [5.41, 5.74) is 6.63. The van der Waals surface area contributed by atoms with Crippen LogP contribution >= 0.6 is 0 Å². The van der Waals surface area contributed by atoms with Crippen LogP contribution in [0.15, 0.2) is 48.5 Å². The first kappa shape index (κ1) is 9.54. The molecule has 0 spiro atoms. The van der Waals surface area contributed by atoms with Crippen molar-refractivity contribution in [1.82, 2.24) is 0 Å². The maximum atomic E-state index is 10.0. The van der Waals surface area contributed by atoms with Crippen LogP contribution in [-0.4, -0.2) is 5.11 Å². The van der Waals surface area contributed by atoms with E-state index in [1.54, 1.807) is 6.07 Å². The van der Waals surface area contributed by atoms with Crippen LogP contribution in [0.4, 0.5) is 5.69 Å². The Labute approximate surface area is 104 Å². The lowest BCUT2D eigenvalue weighted by Crippen LogP contribution is -1.90. The second kappa shape index (κ2) is 3.05. The molecule has 0 amide bonds. The second-order valence-corrected chi connectivity index (χ2v) is 4.67. The molecule has 4 aromatic rings. The molecular weight excluding hydrogens is 222 g/mol. The first-order chi connectivity index (χ1) is 8.75. The summed E-state index contributed by atoms with van der Waals surface area (Å²) in [6.45, 7) is 0. The number of rotatable bonds is 0. The molecule has 0 saturated heterocycles. The Morgan fingerprint density at radius 1 is 0.778 bits per heavy atom. The molecule has 0 radical (unpaired) electrons. The van der Waals surface area contributed by atoms with Gasteiger partial charge in [0, 0.05) is 27.9 Å². The van der Waals surface area contributed by atoms with E-state index in [0.717, 1.165) is 16.2 Å². The zero-order valence-electron chi connectivity index (χ0n) is 9.64. The van der Waals surface area contributed by atoms with Gasteiger partial charge >= 0.3 is 0 Å². The molecule has 0 heterocycles. The fourth-order valence-electron chi connectivity index (χ4n) is 2.84. The molecule has 0 aliphatic heterocycles. The Morgan fingerprint density at radius 3 is 2.17 bits per heavy atom. The van der Waals surface area contributed by atoms with E-state index in [2.05, 4.69) is 18.2 Å². The predicted octanol–water partition coefficient (Wildman–Crippen LogP) is 3.87. The number of hydrogen-bond donors (Lipinski definition) is 2. The van der Waals surface area contributed by atoms with Crippen LogP contribution in [0.1, 0.15) is 0 Å². The van der Waals surface area contributed by atoms with Gasteiger partial charge in [0.05, 0.1) is 0 Å². The van der Waals surface area contributed by atoms with Gasteiger partial charge in [-0.1, -0.05) is 36.4 Å². The Bertz CT molecular complexity index is 829. The molecule has 0 bridgehead atoms. The van der Waals surface area contributed by atoms with Crippen molar-refractivity contribution in [2.24, 2.45) is 0 Å². The molecule has 0 fully saturated rings. The fourth-order valence-corrected chi connectivity index (χ4v) is 2.84. The molecule has 0 aliphatic rings. The van der Waals surface area contributed by atoms with Crippen molar-refractivity contribution in [2.75, 3.05) is 5.73 Å². The van der Waals surface area contributed by atoms with Crippen molar-refractivity contribution >= 4 is 38.0 Å². The lowest BCUT2D eigenvalue weighted by atomic mass is 9.93. The number of aromatic hydroxyl groups is 1. The van der Waals surface area contributed by atoms with E-state index in [4.69, 9.17) is 5.73 Å². The second-order valence-electron chi connectivity index (χ2n) is 4.67. The van der Waals surface area contributed by atoms with Crippen LogP contribution in [0.5, 0.6) is 5.75 Å². The first-order valence-corrected chi connectivity index (χ1v) is 5.91. The van der Waals surface area contributed by atoms with Gasteiger partial charge in [-0.15, -0.1) is 0 Å². The predicted molar refractivity (Wildman–Crippen MR) is 76.2 cm³/mol. The number of hydrogen-bond acceptors (Lipinski definition) is 2. The van der Waals surface area contributed by atoms with Gasteiger partial charge in [-0.25, -0.2) is 0 Å². The smallest absolute Gasteiger partial charge is 0.125 e. The Morgan fingerprint density at radius 2 is 1.44 bits per heavy atom. The van der Waals surface area contributed by atoms with E-state index >= 15 is 0 Å². The van der Waals surface area contributed by atoms with E-state index in [9.17, 15) is 5.11 Å². The van der Waals surface area contributed by atoms with Crippen LogP contribution in [0.25, 0.3) is 32.3 Å². The average molecular weight is 233 g/mol. The standard InChI is InChI=1S/C16H11NO/c17-13-8-14(18)12-7-5-10-3-1-2-9-4-6-11(13)16(12)15(9)10/h1-8,18H,17H2. The first-order valence-electron chi connectivity index (χ1n) is 5.91. The molecule has 4 aromatic carbocycles. The number of benzene rings is 4. The van der Waals surface area contributed by atoms with Crippen LogP contribution in [0.3, 0.4) is 0 Å². The molecule has 2 nitrogen and oxygen atoms in total. The third-order valence-electron chi connectivity index (χ3n) is 3.66. The third-order valence-corrected chi connectivity index (χ3v) is 3.66. The summed E-state index contributed by atoms with van der Waals surface area (Å²) in [4.78, 5) is 0. The summed E-state index contributed by atoms with van der Waals surface area (Å²) in [5, 5.41) is 16.5. The minimum absolute atomic E-state index is 0.248. The highest BCUT2D eigenvalue weighted by Crippen LogP contribution is 2.40. The summed E-state index contributed by atoms with van der Waals surface area (Å²) in [6, 6.07) is 15.9. The van der Waals surface area contributed by atoms with Gasteiger partial charge < -0.3 is 10.8 Å². The van der Waals surface area contributed by atoms with E-state index in [1.807, 2.05) is 24.3 Å². The van der Waals surface area contributed by atoms with Crippen molar-refractivity contribution in [3.05, 3.63) is 48.5 Å². The van der Waals surface area contributed by atoms with E-state index in [1.165, 1.54) is 16.2 Å². The minimum Gasteiger partial charge on any atom is -0.507 e. The van der Waals surface area contributed by atoms with E-state index in [0.29, 0.717) is 5.69 Å².